The average molecular weight is 429 g/mol. The van der Waals surface area contributed by atoms with E-state index < -0.39 is 29.8 Å². The van der Waals surface area contributed by atoms with Crippen LogP contribution in [0.25, 0.3) is 0 Å². The van der Waals surface area contributed by atoms with Crippen molar-refractivity contribution in [2.75, 3.05) is 26.2 Å². The number of hydrogen-bond acceptors (Lipinski definition) is 7. The van der Waals surface area contributed by atoms with Crippen LogP contribution in [0, 0.1) is 0 Å². The van der Waals surface area contributed by atoms with Crippen molar-refractivity contribution >= 4 is 29.5 Å². The van der Waals surface area contributed by atoms with Crippen LogP contribution in [0.5, 0.6) is 0 Å². The van der Waals surface area contributed by atoms with Gasteiger partial charge in [0.1, 0.15) is 6.04 Å². The lowest BCUT2D eigenvalue weighted by molar-refractivity contribution is -0.131. The van der Waals surface area contributed by atoms with Gasteiger partial charge >= 0.3 is 0 Å². The zero-order valence-electron chi connectivity index (χ0n) is 17.6. The van der Waals surface area contributed by atoms with Crippen molar-refractivity contribution in [3.63, 3.8) is 0 Å². The minimum absolute atomic E-state index is 0.0335. The van der Waals surface area contributed by atoms with E-state index in [9.17, 15) is 19.2 Å². The van der Waals surface area contributed by atoms with E-state index in [1.54, 1.807) is 6.92 Å². The van der Waals surface area contributed by atoms with E-state index in [0.717, 1.165) is 0 Å². The van der Waals surface area contributed by atoms with Gasteiger partial charge in [0.2, 0.25) is 17.7 Å². The third kappa shape index (κ3) is 13.4. The van der Waals surface area contributed by atoms with E-state index >= 15 is 0 Å². The van der Waals surface area contributed by atoms with Crippen LogP contribution in [0.15, 0.2) is 4.99 Å². The molecule has 30 heavy (non-hydrogen) atoms. The molecule has 0 aliphatic rings. The maximum atomic E-state index is 12.3. The monoisotopic (exact) mass is 428 g/mol. The number of hydrogen-bond donors (Lipinski definition) is 7. The van der Waals surface area contributed by atoms with Crippen molar-refractivity contribution in [1.29, 1.82) is 0 Å². The molecule has 0 aromatic carbocycles. The summed E-state index contributed by atoms with van der Waals surface area (Å²) >= 11 is 0. The number of carbonyl (C=O) groups excluding carboxylic acids is 4. The van der Waals surface area contributed by atoms with Gasteiger partial charge in [-0.2, -0.15) is 0 Å². The molecule has 0 aromatic heterocycles. The molecule has 11 N–H and O–H groups in total. The molecule has 0 bridgehead atoms. The maximum Gasteiger partial charge on any atom is 0.242 e. The highest BCUT2D eigenvalue weighted by atomic mass is 16.2. The quantitative estimate of drug-likeness (QED) is 0.0770. The second-order valence-corrected chi connectivity index (χ2v) is 6.79. The molecule has 0 saturated carbocycles. The van der Waals surface area contributed by atoms with Crippen LogP contribution in [0.1, 0.15) is 45.4 Å². The summed E-state index contributed by atoms with van der Waals surface area (Å²) in [6.45, 7) is 2.10. The number of nitrogens with one attached hydrogen (secondary N) is 3. The van der Waals surface area contributed by atoms with Crippen LogP contribution in [-0.2, 0) is 19.2 Å². The normalized spacial score (nSPS) is 12.4. The summed E-state index contributed by atoms with van der Waals surface area (Å²) in [4.78, 5) is 51.6. The predicted molar refractivity (Wildman–Crippen MR) is 114 cm³/mol. The fourth-order valence-electron chi connectivity index (χ4n) is 2.39. The van der Waals surface area contributed by atoms with Crippen LogP contribution >= 0.6 is 0 Å². The fraction of sp³-hybridized carbons (Fsp3) is 0.722. The van der Waals surface area contributed by atoms with Gasteiger partial charge < -0.3 is 38.9 Å². The predicted octanol–water partition coefficient (Wildman–Crippen LogP) is -2.81. The number of amides is 3. The average Bonchev–Trinajstić information content (AvgIpc) is 2.71. The molecular weight excluding hydrogens is 392 g/mol. The Balaban J connectivity index is 4.50. The number of ketones is 1. The zero-order chi connectivity index (χ0) is 22.9. The van der Waals surface area contributed by atoms with Gasteiger partial charge in [0.15, 0.2) is 11.7 Å². The summed E-state index contributed by atoms with van der Waals surface area (Å²) in [5.74, 6) is -1.63. The van der Waals surface area contributed by atoms with Gasteiger partial charge in [-0.1, -0.05) is 6.92 Å². The minimum atomic E-state index is -0.820. The number of nitrogens with two attached hydrogens (primary N) is 4. The first-order valence-corrected chi connectivity index (χ1v) is 10.1. The van der Waals surface area contributed by atoms with Crippen molar-refractivity contribution < 1.29 is 19.2 Å². The Labute approximate surface area is 176 Å². The first-order chi connectivity index (χ1) is 14.2. The molecule has 2 atom stereocenters. The summed E-state index contributed by atoms with van der Waals surface area (Å²) in [6, 6.07) is -1.63. The summed E-state index contributed by atoms with van der Waals surface area (Å²) in [5, 5.41) is 7.52. The number of guanidine groups is 1. The summed E-state index contributed by atoms with van der Waals surface area (Å²) in [7, 11) is 0. The van der Waals surface area contributed by atoms with Crippen molar-refractivity contribution in [1.82, 2.24) is 16.0 Å². The van der Waals surface area contributed by atoms with E-state index in [1.807, 2.05) is 0 Å². The standard InChI is InChI=1S/C18H36N8O4/c1-2-12(27)10-24-17(30)14(7-3-4-8-19)26-15(28)11-25-16(29)13(20)6-5-9-23-18(21)22/h13-14H,2-11,19-20H2,1H3,(H,24,30)(H,25,29)(H,26,28)(H4,21,22,23). The lowest BCUT2D eigenvalue weighted by atomic mass is 10.1. The summed E-state index contributed by atoms with van der Waals surface area (Å²) in [6.07, 6.45) is 2.86. The number of aliphatic imine (C=N–C) groups is 1. The molecule has 0 aliphatic heterocycles. The second-order valence-electron chi connectivity index (χ2n) is 6.79. The molecule has 0 saturated heterocycles. The molecule has 0 aromatic rings. The SMILES string of the molecule is CCC(=O)CNC(=O)C(CCCCN)NC(=O)CNC(=O)C(N)CCCN=C(N)N. The highest BCUT2D eigenvalue weighted by molar-refractivity contribution is 5.92. The Morgan fingerprint density at radius 2 is 1.60 bits per heavy atom. The van der Waals surface area contributed by atoms with Crippen molar-refractivity contribution in [3.05, 3.63) is 0 Å². The summed E-state index contributed by atoms with van der Waals surface area (Å²) in [5.41, 5.74) is 21.7. The fourth-order valence-corrected chi connectivity index (χ4v) is 2.39. The number of rotatable bonds is 16. The van der Waals surface area contributed by atoms with Crippen LogP contribution in [-0.4, -0.2) is 67.7 Å². The number of carbonyl (C=O) groups is 4. The van der Waals surface area contributed by atoms with E-state index in [-0.39, 0.29) is 24.8 Å². The highest BCUT2D eigenvalue weighted by Crippen LogP contribution is 2.01. The Morgan fingerprint density at radius 3 is 2.20 bits per heavy atom. The Kier molecular flexibility index (Phi) is 14.6. The molecule has 0 aliphatic carbocycles. The number of unbranched alkanes of at least 4 members (excludes halogenated alkanes) is 1. The molecule has 0 heterocycles. The molecule has 0 fully saturated rings. The van der Waals surface area contributed by atoms with Gasteiger partial charge in [-0.05, 0) is 38.6 Å². The third-order valence-electron chi connectivity index (χ3n) is 4.18. The molecule has 12 heteroatoms. The minimum Gasteiger partial charge on any atom is -0.370 e. The van der Waals surface area contributed by atoms with Crippen molar-refractivity contribution in [2.45, 2.75) is 57.5 Å². The molecule has 0 radical (unpaired) electrons. The Bertz CT molecular complexity index is 593. The van der Waals surface area contributed by atoms with E-state index in [0.29, 0.717) is 51.6 Å². The van der Waals surface area contributed by atoms with Gasteiger partial charge in [0.05, 0.1) is 19.1 Å². The van der Waals surface area contributed by atoms with E-state index in [1.165, 1.54) is 0 Å². The van der Waals surface area contributed by atoms with Gasteiger partial charge in [0, 0.05) is 13.0 Å². The van der Waals surface area contributed by atoms with Gasteiger partial charge in [-0.15, -0.1) is 0 Å². The molecule has 0 spiro atoms. The molecule has 3 amide bonds. The molecule has 172 valence electrons. The summed E-state index contributed by atoms with van der Waals surface area (Å²) < 4.78 is 0. The second kappa shape index (κ2) is 16.1. The Morgan fingerprint density at radius 1 is 0.933 bits per heavy atom. The molecule has 2 unspecified atom stereocenters. The van der Waals surface area contributed by atoms with E-state index in [2.05, 4.69) is 20.9 Å². The highest BCUT2D eigenvalue weighted by Gasteiger charge is 2.21. The van der Waals surface area contributed by atoms with Gasteiger partial charge in [0.25, 0.3) is 0 Å². The first kappa shape index (κ1) is 27.3. The number of nitrogens with zero attached hydrogens (tertiary/aromatic N) is 1. The zero-order valence-corrected chi connectivity index (χ0v) is 17.6. The Hall–Kier alpha value is -2.73. The van der Waals surface area contributed by atoms with Crippen LogP contribution in [0.2, 0.25) is 0 Å². The first-order valence-electron chi connectivity index (χ1n) is 10.1. The van der Waals surface area contributed by atoms with Gasteiger partial charge in [-0.3, -0.25) is 24.2 Å². The largest absolute Gasteiger partial charge is 0.370 e. The van der Waals surface area contributed by atoms with Crippen molar-refractivity contribution in [2.24, 2.45) is 27.9 Å². The van der Waals surface area contributed by atoms with Crippen LogP contribution in [0.4, 0.5) is 0 Å². The molecular formula is C18H36N8O4. The topological polar surface area (TPSA) is 221 Å². The third-order valence-corrected chi connectivity index (χ3v) is 4.18. The maximum absolute atomic E-state index is 12.3. The van der Waals surface area contributed by atoms with Gasteiger partial charge in [-0.25, -0.2) is 0 Å². The molecule has 12 nitrogen and oxygen atoms in total. The van der Waals surface area contributed by atoms with E-state index in [4.69, 9.17) is 22.9 Å². The lowest BCUT2D eigenvalue weighted by Crippen LogP contribution is -2.51. The van der Waals surface area contributed by atoms with Crippen LogP contribution < -0.4 is 38.9 Å². The lowest BCUT2D eigenvalue weighted by Gasteiger charge is -2.19. The van der Waals surface area contributed by atoms with Crippen LogP contribution in [0.3, 0.4) is 0 Å². The number of Topliss-reactive ketones (excluding diaryl/α,β-unsaturated/α-hetero) is 1. The smallest absolute Gasteiger partial charge is 0.242 e. The molecule has 0 rings (SSSR count). The van der Waals surface area contributed by atoms with Crippen molar-refractivity contribution in [3.8, 4) is 0 Å².